The van der Waals surface area contributed by atoms with Crippen molar-refractivity contribution < 1.29 is 9.84 Å². The monoisotopic (exact) mass is 322 g/mol. The minimum absolute atomic E-state index is 0.102. The Kier molecular flexibility index (Phi) is 4.51. The Labute approximate surface area is 134 Å². The van der Waals surface area contributed by atoms with Gasteiger partial charge in [-0.25, -0.2) is 0 Å². The maximum absolute atomic E-state index is 10.2. The first-order chi connectivity index (χ1) is 10.1. The van der Waals surface area contributed by atoms with Crippen LogP contribution in [0.5, 0.6) is 0 Å². The first-order valence-electron chi connectivity index (χ1n) is 6.97. The average Bonchev–Trinajstić information content (AvgIpc) is 2.50. The Hall–Kier alpha value is -1.06. The molecule has 2 aromatic rings. The van der Waals surface area contributed by atoms with E-state index in [1.54, 1.807) is 6.07 Å². The van der Waals surface area contributed by atoms with E-state index in [4.69, 9.17) is 27.9 Å². The number of halogens is 2. The van der Waals surface area contributed by atoms with Crippen LogP contribution in [0.4, 0.5) is 0 Å². The molecule has 3 rings (SSSR count). The summed E-state index contributed by atoms with van der Waals surface area (Å²) in [7, 11) is 0. The summed E-state index contributed by atoms with van der Waals surface area (Å²) >= 11 is 12.0. The molecule has 2 aromatic carbocycles. The van der Waals surface area contributed by atoms with Crippen LogP contribution in [0, 0.1) is 0 Å². The molecule has 0 amide bonds. The molecule has 110 valence electrons. The minimum Gasteiger partial charge on any atom is -0.393 e. The fourth-order valence-electron chi connectivity index (χ4n) is 2.71. The molecule has 0 unspecified atom stereocenters. The summed E-state index contributed by atoms with van der Waals surface area (Å²) in [5.74, 6) is 0. The Morgan fingerprint density at radius 3 is 2.19 bits per heavy atom. The highest BCUT2D eigenvalue weighted by atomic mass is 35.5. The molecule has 0 spiro atoms. The zero-order valence-corrected chi connectivity index (χ0v) is 12.9. The average molecular weight is 323 g/mol. The third-order valence-electron chi connectivity index (χ3n) is 3.79. The van der Waals surface area contributed by atoms with E-state index in [0.717, 1.165) is 11.1 Å². The molecule has 21 heavy (non-hydrogen) atoms. The number of benzene rings is 2. The second-order valence-corrected chi connectivity index (χ2v) is 6.14. The SMILES string of the molecule is O[C@H]1C[C@@H](c2ccccc2)O[C@@H](c2ccc(Cl)c(Cl)c2)C1. The summed E-state index contributed by atoms with van der Waals surface area (Å²) < 4.78 is 6.16. The van der Waals surface area contributed by atoms with Crippen molar-refractivity contribution in [2.24, 2.45) is 0 Å². The zero-order chi connectivity index (χ0) is 14.8. The van der Waals surface area contributed by atoms with Crippen molar-refractivity contribution in [1.29, 1.82) is 0 Å². The third-order valence-corrected chi connectivity index (χ3v) is 4.53. The number of ether oxygens (including phenoxy) is 1. The van der Waals surface area contributed by atoms with Crippen molar-refractivity contribution in [3.63, 3.8) is 0 Å². The van der Waals surface area contributed by atoms with Gasteiger partial charge in [0, 0.05) is 12.8 Å². The van der Waals surface area contributed by atoms with Crippen LogP contribution in [-0.4, -0.2) is 11.2 Å². The van der Waals surface area contributed by atoms with E-state index in [9.17, 15) is 5.11 Å². The number of hydrogen-bond donors (Lipinski definition) is 1. The number of hydrogen-bond acceptors (Lipinski definition) is 2. The molecule has 0 aromatic heterocycles. The van der Waals surface area contributed by atoms with Crippen molar-refractivity contribution in [2.45, 2.75) is 31.2 Å². The zero-order valence-electron chi connectivity index (χ0n) is 11.4. The van der Waals surface area contributed by atoms with Crippen molar-refractivity contribution in [2.75, 3.05) is 0 Å². The molecular formula is C17H16Cl2O2. The van der Waals surface area contributed by atoms with Crippen LogP contribution in [0.15, 0.2) is 48.5 Å². The fraction of sp³-hybridized carbons (Fsp3) is 0.294. The first-order valence-corrected chi connectivity index (χ1v) is 7.72. The van der Waals surface area contributed by atoms with E-state index in [1.807, 2.05) is 42.5 Å². The van der Waals surface area contributed by atoms with Crippen LogP contribution in [0.3, 0.4) is 0 Å². The summed E-state index contributed by atoms with van der Waals surface area (Å²) in [6, 6.07) is 15.5. The van der Waals surface area contributed by atoms with Gasteiger partial charge in [-0.2, -0.15) is 0 Å². The molecule has 4 heteroatoms. The van der Waals surface area contributed by atoms with Crippen LogP contribution in [0.2, 0.25) is 10.0 Å². The van der Waals surface area contributed by atoms with Crippen molar-refractivity contribution in [3.05, 3.63) is 69.7 Å². The van der Waals surface area contributed by atoms with Gasteiger partial charge in [-0.1, -0.05) is 59.6 Å². The van der Waals surface area contributed by atoms with E-state index in [0.29, 0.717) is 22.9 Å². The molecule has 1 aliphatic rings. The van der Waals surface area contributed by atoms with Crippen LogP contribution in [0.1, 0.15) is 36.2 Å². The smallest absolute Gasteiger partial charge is 0.0858 e. The highest BCUT2D eigenvalue weighted by Gasteiger charge is 2.30. The van der Waals surface area contributed by atoms with Crippen molar-refractivity contribution >= 4 is 23.2 Å². The quantitative estimate of drug-likeness (QED) is 0.847. The van der Waals surface area contributed by atoms with Gasteiger partial charge >= 0.3 is 0 Å². The Bertz CT molecular complexity index is 615. The molecule has 1 fully saturated rings. The molecule has 0 saturated carbocycles. The van der Waals surface area contributed by atoms with Gasteiger partial charge in [0.2, 0.25) is 0 Å². The minimum atomic E-state index is -0.386. The van der Waals surface area contributed by atoms with E-state index in [1.165, 1.54) is 0 Å². The van der Waals surface area contributed by atoms with E-state index >= 15 is 0 Å². The summed E-state index contributed by atoms with van der Waals surface area (Å²) in [4.78, 5) is 0. The van der Waals surface area contributed by atoms with Gasteiger partial charge in [0.1, 0.15) is 0 Å². The molecule has 0 bridgehead atoms. The number of rotatable bonds is 2. The summed E-state index contributed by atoms with van der Waals surface area (Å²) in [6.07, 6.45) is 0.523. The van der Waals surface area contributed by atoms with Crippen LogP contribution in [-0.2, 0) is 4.74 Å². The summed E-state index contributed by atoms with van der Waals surface area (Å²) in [5, 5.41) is 11.2. The molecule has 0 radical (unpaired) electrons. The largest absolute Gasteiger partial charge is 0.393 e. The molecule has 1 aliphatic heterocycles. The Morgan fingerprint density at radius 1 is 0.857 bits per heavy atom. The van der Waals surface area contributed by atoms with Crippen LogP contribution in [0.25, 0.3) is 0 Å². The maximum Gasteiger partial charge on any atom is 0.0858 e. The molecule has 1 heterocycles. The molecule has 3 atom stereocenters. The standard InChI is InChI=1S/C17H16Cl2O2/c18-14-7-6-12(8-15(14)19)17-10-13(20)9-16(21-17)11-4-2-1-3-5-11/h1-8,13,16-17,20H,9-10H2/t13-,16-,17+/m0/s1. The van der Waals surface area contributed by atoms with Crippen molar-refractivity contribution in [3.8, 4) is 0 Å². The van der Waals surface area contributed by atoms with Crippen molar-refractivity contribution in [1.82, 2.24) is 0 Å². The molecule has 0 aliphatic carbocycles. The molecule has 1 saturated heterocycles. The molecule has 1 N–H and O–H groups in total. The topological polar surface area (TPSA) is 29.5 Å². The highest BCUT2D eigenvalue weighted by Crippen LogP contribution is 2.39. The van der Waals surface area contributed by atoms with Gasteiger partial charge in [0.15, 0.2) is 0 Å². The van der Waals surface area contributed by atoms with Gasteiger partial charge in [-0.3, -0.25) is 0 Å². The van der Waals surface area contributed by atoms with Gasteiger partial charge in [0.05, 0.1) is 28.4 Å². The maximum atomic E-state index is 10.2. The number of aliphatic hydroxyl groups excluding tert-OH is 1. The van der Waals surface area contributed by atoms with Crippen LogP contribution >= 0.6 is 23.2 Å². The second-order valence-electron chi connectivity index (χ2n) is 5.32. The fourth-order valence-corrected chi connectivity index (χ4v) is 3.02. The van der Waals surface area contributed by atoms with Gasteiger partial charge in [0.25, 0.3) is 0 Å². The predicted molar refractivity (Wildman–Crippen MR) is 84.7 cm³/mol. The predicted octanol–water partition coefficient (Wildman–Crippen LogP) is 4.95. The van der Waals surface area contributed by atoms with E-state index in [2.05, 4.69) is 0 Å². The Morgan fingerprint density at radius 2 is 1.52 bits per heavy atom. The molecule has 2 nitrogen and oxygen atoms in total. The second kappa shape index (κ2) is 6.37. The number of aliphatic hydroxyl groups is 1. The summed E-state index contributed by atoms with van der Waals surface area (Å²) in [5.41, 5.74) is 2.03. The highest BCUT2D eigenvalue weighted by molar-refractivity contribution is 6.42. The lowest BCUT2D eigenvalue weighted by molar-refractivity contribution is -0.0998. The lowest BCUT2D eigenvalue weighted by Gasteiger charge is -2.34. The van der Waals surface area contributed by atoms with Crippen LogP contribution < -0.4 is 0 Å². The van der Waals surface area contributed by atoms with Gasteiger partial charge in [-0.15, -0.1) is 0 Å². The Balaban J connectivity index is 1.84. The molecular weight excluding hydrogens is 307 g/mol. The van der Waals surface area contributed by atoms with E-state index in [-0.39, 0.29) is 18.3 Å². The third kappa shape index (κ3) is 3.41. The van der Waals surface area contributed by atoms with Gasteiger partial charge in [-0.05, 0) is 23.3 Å². The first kappa shape index (κ1) is 14.9. The van der Waals surface area contributed by atoms with E-state index < -0.39 is 0 Å². The normalized spacial score (nSPS) is 25.8. The lowest BCUT2D eigenvalue weighted by atomic mass is 9.93. The lowest BCUT2D eigenvalue weighted by Crippen LogP contribution is -2.26. The summed E-state index contributed by atoms with van der Waals surface area (Å²) in [6.45, 7) is 0. The van der Waals surface area contributed by atoms with Gasteiger partial charge < -0.3 is 9.84 Å².